The van der Waals surface area contributed by atoms with Crippen LogP contribution in [-0.2, 0) is 9.53 Å². The zero-order chi connectivity index (χ0) is 13.9. The van der Waals surface area contributed by atoms with E-state index < -0.39 is 6.10 Å². The average molecular weight is 264 g/mol. The molecule has 0 bridgehead atoms. The minimum atomic E-state index is -0.482. The van der Waals surface area contributed by atoms with Crippen LogP contribution in [0.1, 0.15) is 17.2 Å². The van der Waals surface area contributed by atoms with Crippen LogP contribution in [0.5, 0.6) is 0 Å². The second-order valence-corrected chi connectivity index (χ2v) is 4.57. The highest BCUT2D eigenvalue weighted by atomic mass is 16.6. The van der Waals surface area contributed by atoms with E-state index in [2.05, 4.69) is 11.4 Å². The number of nitrogens with one attached hydrogen (secondary N) is 1. The minimum Gasteiger partial charge on any atom is -0.354 e. The van der Waals surface area contributed by atoms with Crippen molar-refractivity contribution in [3.8, 4) is 6.07 Å². The smallest absolute Gasteiger partial charge is 0.256 e. The van der Waals surface area contributed by atoms with Crippen LogP contribution in [0.25, 0.3) is 0 Å². The molecule has 20 heavy (non-hydrogen) atoms. The topological polar surface area (TPSA) is 65.4 Å². The molecule has 2 unspecified atom stereocenters. The Balaban J connectivity index is 1.67. The third-order valence-electron chi connectivity index (χ3n) is 3.14. The summed E-state index contributed by atoms with van der Waals surface area (Å²) in [5.74, 6) is -0.163. The molecule has 0 radical (unpaired) electrons. The van der Waals surface area contributed by atoms with Crippen molar-refractivity contribution in [3.63, 3.8) is 0 Å². The van der Waals surface area contributed by atoms with Gasteiger partial charge >= 0.3 is 0 Å². The van der Waals surface area contributed by atoms with Gasteiger partial charge in [0.2, 0.25) is 0 Å². The molecule has 2 atom stereocenters. The van der Waals surface area contributed by atoms with Gasteiger partial charge in [0.05, 0.1) is 11.6 Å². The number of nitrogens with zero attached hydrogens (tertiary/aromatic N) is 1. The first kappa shape index (κ1) is 12.4. The van der Waals surface area contributed by atoms with E-state index >= 15 is 0 Å². The van der Waals surface area contributed by atoms with Crippen LogP contribution in [0.2, 0.25) is 0 Å². The summed E-state index contributed by atoms with van der Waals surface area (Å²) in [6.45, 7) is 0. The Morgan fingerprint density at radius 2 is 1.95 bits per heavy atom. The summed E-state index contributed by atoms with van der Waals surface area (Å²) in [6, 6.07) is 18.5. The number of amides is 1. The molecule has 0 aliphatic carbocycles. The number of epoxide rings is 1. The predicted molar refractivity (Wildman–Crippen MR) is 73.8 cm³/mol. The Bertz CT molecular complexity index is 676. The van der Waals surface area contributed by atoms with Crippen LogP contribution in [0, 0.1) is 11.3 Å². The van der Waals surface area contributed by atoms with E-state index in [0.717, 1.165) is 11.3 Å². The molecule has 1 aliphatic rings. The van der Waals surface area contributed by atoms with Crippen molar-refractivity contribution in [2.24, 2.45) is 0 Å². The van der Waals surface area contributed by atoms with Crippen LogP contribution in [-0.4, -0.2) is 12.0 Å². The SMILES string of the molecule is N#Cc1cccc(C2OC2C(=O)Nc2ccccc2)c1. The van der Waals surface area contributed by atoms with E-state index in [4.69, 9.17) is 10.00 Å². The van der Waals surface area contributed by atoms with E-state index in [1.54, 1.807) is 18.2 Å². The highest BCUT2D eigenvalue weighted by Crippen LogP contribution is 2.39. The Kier molecular flexibility index (Phi) is 3.20. The van der Waals surface area contributed by atoms with Gasteiger partial charge in [-0.3, -0.25) is 4.79 Å². The Morgan fingerprint density at radius 1 is 1.15 bits per heavy atom. The number of hydrogen-bond donors (Lipinski definition) is 1. The third kappa shape index (κ3) is 2.53. The summed E-state index contributed by atoms with van der Waals surface area (Å²) in [5.41, 5.74) is 2.18. The summed E-state index contributed by atoms with van der Waals surface area (Å²) in [4.78, 5) is 12.0. The number of benzene rings is 2. The van der Waals surface area contributed by atoms with Gasteiger partial charge in [0, 0.05) is 5.69 Å². The van der Waals surface area contributed by atoms with E-state index in [9.17, 15) is 4.79 Å². The lowest BCUT2D eigenvalue weighted by Crippen LogP contribution is -2.18. The van der Waals surface area contributed by atoms with Crippen molar-refractivity contribution in [2.45, 2.75) is 12.2 Å². The quantitative estimate of drug-likeness (QED) is 0.867. The van der Waals surface area contributed by atoms with Crippen molar-refractivity contribution in [3.05, 3.63) is 65.7 Å². The van der Waals surface area contributed by atoms with Gasteiger partial charge in [-0.05, 0) is 29.8 Å². The number of carbonyl (C=O) groups is 1. The first-order valence-corrected chi connectivity index (χ1v) is 6.29. The monoisotopic (exact) mass is 264 g/mol. The lowest BCUT2D eigenvalue weighted by molar-refractivity contribution is -0.117. The predicted octanol–water partition coefficient (Wildman–Crippen LogP) is 2.64. The van der Waals surface area contributed by atoms with Gasteiger partial charge in [-0.25, -0.2) is 0 Å². The van der Waals surface area contributed by atoms with Crippen LogP contribution in [0.3, 0.4) is 0 Å². The highest BCUT2D eigenvalue weighted by Gasteiger charge is 2.46. The van der Waals surface area contributed by atoms with Crippen molar-refractivity contribution in [2.75, 3.05) is 5.32 Å². The molecular weight excluding hydrogens is 252 g/mol. The molecule has 0 spiro atoms. The molecule has 0 aromatic heterocycles. The number of rotatable bonds is 3. The maximum absolute atomic E-state index is 12.0. The zero-order valence-electron chi connectivity index (χ0n) is 10.6. The Morgan fingerprint density at radius 3 is 2.70 bits per heavy atom. The van der Waals surface area contributed by atoms with Crippen LogP contribution in [0.15, 0.2) is 54.6 Å². The Labute approximate surface area is 116 Å². The lowest BCUT2D eigenvalue weighted by Gasteiger charge is -2.02. The number of carbonyl (C=O) groups excluding carboxylic acids is 1. The number of anilines is 1. The first-order chi connectivity index (χ1) is 9.78. The third-order valence-corrected chi connectivity index (χ3v) is 3.14. The van der Waals surface area contributed by atoms with E-state index in [-0.39, 0.29) is 12.0 Å². The van der Waals surface area contributed by atoms with Crippen LogP contribution >= 0.6 is 0 Å². The van der Waals surface area contributed by atoms with E-state index in [1.807, 2.05) is 36.4 Å². The van der Waals surface area contributed by atoms with Gasteiger partial charge in [-0.15, -0.1) is 0 Å². The summed E-state index contributed by atoms with van der Waals surface area (Å²) in [6.07, 6.45) is -0.740. The fraction of sp³-hybridized carbons (Fsp3) is 0.125. The van der Waals surface area contributed by atoms with Gasteiger partial charge in [-0.2, -0.15) is 5.26 Å². The second-order valence-electron chi connectivity index (χ2n) is 4.57. The molecule has 1 aliphatic heterocycles. The molecule has 4 nitrogen and oxygen atoms in total. The maximum atomic E-state index is 12.0. The molecule has 98 valence electrons. The lowest BCUT2D eigenvalue weighted by atomic mass is 10.1. The Hall–Kier alpha value is -2.64. The molecule has 3 rings (SSSR count). The molecule has 1 N–H and O–H groups in total. The maximum Gasteiger partial charge on any atom is 0.256 e. The van der Waals surface area contributed by atoms with Crippen molar-refractivity contribution in [1.82, 2.24) is 0 Å². The molecular formula is C16H12N2O2. The molecule has 2 aromatic carbocycles. The molecule has 1 saturated heterocycles. The molecule has 1 amide bonds. The van der Waals surface area contributed by atoms with Gasteiger partial charge in [0.1, 0.15) is 6.10 Å². The fourth-order valence-electron chi connectivity index (χ4n) is 2.09. The average Bonchev–Trinajstić information content (AvgIpc) is 3.29. The summed E-state index contributed by atoms with van der Waals surface area (Å²) in [5, 5.41) is 11.7. The minimum absolute atomic E-state index is 0.163. The molecule has 4 heteroatoms. The normalized spacial score (nSPS) is 19.9. The summed E-state index contributed by atoms with van der Waals surface area (Å²) < 4.78 is 5.42. The summed E-state index contributed by atoms with van der Waals surface area (Å²) in [7, 11) is 0. The number of hydrogen-bond acceptors (Lipinski definition) is 3. The van der Waals surface area contributed by atoms with Crippen LogP contribution < -0.4 is 5.32 Å². The number of ether oxygens (including phenoxy) is 1. The van der Waals surface area contributed by atoms with Gasteiger partial charge in [-0.1, -0.05) is 30.3 Å². The fourth-order valence-corrected chi connectivity index (χ4v) is 2.09. The number of para-hydroxylation sites is 1. The standard InChI is InChI=1S/C16H12N2O2/c17-10-11-5-4-6-12(9-11)14-15(20-14)16(19)18-13-7-2-1-3-8-13/h1-9,14-15H,(H,18,19). The largest absolute Gasteiger partial charge is 0.354 e. The first-order valence-electron chi connectivity index (χ1n) is 6.29. The van der Waals surface area contributed by atoms with E-state index in [1.165, 1.54) is 0 Å². The van der Waals surface area contributed by atoms with Crippen molar-refractivity contribution < 1.29 is 9.53 Å². The highest BCUT2D eigenvalue weighted by molar-refractivity contribution is 5.96. The zero-order valence-corrected chi connectivity index (χ0v) is 10.6. The summed E-state index contributed by atoms with van der Waals surface area (Å²) >= 11 is 0. The molecule has 2 aromatic rings. The van der Waals surface area contributed by atoms with Crippen molar-refractivity contribution >= 4 is 11.6 Å². The molecule has 0 saturated carbocycles. The van der Waals surface area contributed by atoms with Gasteiger partial charge in [0.15, 0.2) is 6.10 Å². The number of nitriles is 1. The second kappa shape index (κ2) is 5.16. The van der Waals surface area contributed by atoms with E-state index in [0.29, 0.717) is 5.56 Å². The van der Waals surface area contributed by atoms with Crippen molar-refractivity contribution in [1.29, 1.82) is 5.26 Å². The molecule has 1 heterocycles. The van der Waals surface area contributed by atoms with Gasteiger partial charge < -0.3 is 10.1 Å². The molecule has 1 fully saturated rings. The van der Waals surface area contributed by atoms with Gasteiger partial charge in [0.25, 0.3) is 5.91 Å². The van der Waals surface area contributed by atoms with Crippen LogP contribution in [0.4, 0.5) is 5.69 Å².